The topological polar surface area (TPSA) is 111 Å². The van der Waals surface area contributed by atoms with Crippen molar-refractivity contribution in [3.8, 4) is 0 Å². The molecule has 0 saturated heterocycles. The van der Waals surface area contributed by atoms with Gasteiger partial charge in [-0.15, -0.1) is 0 Å². The quantitative estimate of drug-likeness (QED) is 0.0205. The molecule has 0 aromatic carbocycles. The molecule has 534 valence electrons. The number of ether oxygens (including phenoxy) is 1. The number of allylic oxidation sites excluding steroid dienone is 9. The number of quaternary nitrogens is 1. The largest absolute Gasteiger partial charge is 0.472 e. The Morgan fingerprint density at radius 1 is 0.385 bits per heavy atom. The van der Waals surface area contributed by atoms with Gasteiger partial charge in [-0.05, 0) is 76.7 Å². The number of phosphoric acid groups is 1. The Hall–Kier alpha value is -2.29. The van der Waals surface area contributed by atoms with Crippen molar-refractivity contribution in [3.05, 3.63) is 60.8 Å². The third-order valence-electron chi connectivity index (χ3n) is 18.0. The van der Waals surface area contributed by atoms with E-state index in [4.69, 9.17) is 13.8 Å². The van der Waals surface area contributed by atoms with Crippen LogP contribution in [0.4, 0.5) is 0 Å². The number of hydrogen-bond acceptors (Lipinski definition) is 6. The number of likely N-dealkylation sites (N-methyl/N-ethyl adjacent to an activating group) is 1. The van der Waals surface area contributed by atoms with Gasteiger partial charge in [0.15, 0.2) is 0 Å². The number of unbranched alkanes of at least 4 members (excludes halogenated alkanes) is 49. The van der Waals surface area contributed by atoms with Crippen LogP contribution in [0.15, 0.2) is 60.8 Å². The molecule has 0 fully saturated rings. The Labute approximate surface area is 566 Å². The summed E-state index contributed by atoms with van der Waals surface area (Å²) in [5.41, 5.74) is 0. The highest BCUT2D eigenvalue weighted by Gasteiger charge is 2.30. The Morgan fingerprint density at radius 3 is 1.02 bits per heavy atom. The predicted octanol–water partition coefficient (Wildman–Crippen LogP) is 25.7. The summed E-state index contributed by atoms with van der Waals surface area (Å²) in [7, 11) is 1.51. The van der Waals surface area contributed by atoms with Gasteiger partial charge < -0.3 is 19.4 Å². The average Bonchev–Trinajstić information content (AvgIpc) is 3.73. The van der Waals surface area contributed by atoms with Crippen molar-refractivity contribution in [3.63, 3.8) is 0 Å². The van der Waals surface area contributed by atoms with E-state index in [0.29, 0.717) is 17.4 Å². The summed E-state index contributed by atoms with van der Waals surface area (Å²) in [6, 6.07) is -0.850. The first-order chi connectivity index (χ1) is 44.4. The lowest BCUT2D eigenvalue weighted by Gasteiger charge is -2.27. The number of rotatable bonds is 73. The molecule has 3 atom stereocenters. The molecule has 0 saturated carbocycles. The van der Waals surface area contributed by atoms with E-state index >= 15 is 0 Å². The van der Waals surface area contributed by atoms with Crippen LogP contribution in [-0.2, 0) is 27.9 Å². The maximum atomic E-state index is 13.7. The number of hydrogen-bond donors (Lipinski definition) is 2. The van der Waals surface area contributed by atoms with Gasteiger partial charge in [0.1, 0.15) is 19.3 Å². The molecule has 0 heterocycles. The zero-order valence-electron chi connectivity index (χ0n) is 61.4. The minimum absolute atomic E-state index is 0.0411. The van der Waals surface area contributed by atoms with Crippen LogP contribution in [0.3, 0.4) is 0 Å². The molecule has 2 N–H and O–H groups in total. The van der Waals surface area contributed by atoms with Gasteiger partial charge in [0.2, 0.25) is 5.91 Å². The summed E-state index contributed by atoms with van der Waals surface area (Å²) in [5.74, 6) is -0.488. The third-order valence-corrected chi connectivity index (χ3v) is 18.9. The lowest BCUT2D eigenvalue weighted by molar-refractivity contribution is -0.870. The maximum absolute atomic E-state index is 13.7. The highest BCUT2D eigenvalue weighted by atomic mass is 31.2. The van der Waals surface area contributed by atoms with Crippen LogP contribution in [0, 0.1) is 0 Å². The second-order valence-corrected chi connectivity index (χ2v) is 29.7. The SMILES string of the molecule is CCCCC/C=C\C/C=C\C/C=C\C/C=C\CCCCCCCCCCCCCC(=O)OC(/C=C/CCCCCCCCCCCCC)C(COP(=O)(O)OCC[N+](C)(C)C)NC(=O)CCCCCCCCCCCCCCCCCCCCCCCCCCC. The van der Waals surface area contributed by atoms with E-state index in [1.54, 1.807) is 0 Å². The van der Waals surface area contributed by atoms with Gasteiger partial charge in [-0.1, -0.05) is 364 Å². The first-order valence-electron chi connectivity index (χ1n) is 39.6. The van der Waals surface area contributed by atoms with Crippen LogP contribution in [0.1, 0.15) is 393 Å². The predicted molar refractivity (Wildman–Crippen MR) is 397 cm³/mol. The third kappa shape index (κ3) is 71.8. The minimum Gasteiger partial charge on any atom is -0.456 e. The van der Waals surface area contributed by atoms with Crippen molar-refractivity contribution in [2.75, 3.05) is 40.9 Å². The standard InChI is InChI=1S/C81H153N2O7P/c1-7-10-13-16-19-22-25-28-30-32-34-36-38-40-41-43-45-47-49-51-53-56-59-62-65-68-71-74-81(85)90-79(72-69-66-63-60-57-54-27-24-21-18-15-12-9-3)78(77-89-91(86,87)88-76-75-83(4,5)6)82-80(84)73-70-67-64-61-58-55-52-50-48-46-44-42-39-37-35-33-31-29-26-23-20-17-14-11-8-2/h19,22,28,30,34,36,40-41,69,72,78-79H,7-18,20-21,23-27,29,31-33,35,37-39,42-68,70-71,73-77H2,1-6H3,(H-,82,84,86,87)/p+1/b22-19-,30-28-,36-34-,41-40-,72-69+. The molecule has 9 nitrogen and oxygen atoms in total. The van der Waals surface area contributed by atoms with Crippen LogP contribution < -0.4 is 5.32 Å². The Kier molecular flexibility index (Phi) is 68.7. The molecule has 0 aromatic heterocycles. The first-order valence-corrected chi connectivity index (χ1v) is 41.1. The highest BCUT2D eigenvalue weighted by Crippen LogP contribution is 2.43. The van der Waals surface area contributed by atoms with E-state index in [1.807, 2.05) is 27.2 Å². The molecule has 0 radical (unpaired) electrons. The van der Waals surface area contributed by atoms with E-state index in [-0.39, 0.29) is 31.5 Å². The van der Waals surface area contributed by atoms with Gasteiger partial charge in [0.25, 0.3) is 0 Å². The summed E-state index contributed by atoms with van der Waals surface area (Å²) in [4.78, 5) is 38.1. The molecule has 0 spiro atoms. The lowest BCUT2D eigenvalue weighted by Crippen LogP contribution is -2.47. The number of nitrogens with one attached hydrogen (secondary N) is 1. The Bertz CT molecular complexity index is 1740. The lowest BCUT2D eigenvalue weighted by atomic mass is 10.0. The van der Waals surface area contributed by atoms with E-state index in [0.717, 1.165) is 77.0 Å². The number of carbonyl (C=O) groups is 2. The fraction of sp³-hybridized carbons (Fsp3) is 0.852. The van der Waals surface area contributed by atoms with E-state index in [2.05, 4.69) is 80.8 Å². The molecule has 10 heteroatoms. The molecule has 0 rings (SSSR count). The summed E-state index contributed by atoms with van der Waals surface area (Å²) in [6.45, 7) is 7.05. The van der Waals surface area contributed by atoms with Crippen LogP contribution in [0.5, 0.6) is 0 Å². The molecular weight excluding hydrogens is 1140 g/mol. The molecular formula is C81H154N2O7P+. The summed E-state index contributed by atoms with van der Waals surface area (Å²) in [6.07, 6.45) is 92.5. The molecule has 0 aliphatic heterocycles. The molecule has 0 aromatic rings. The summed E-state index contributed by atoms with van der Waals surface area (Å²) < 4.78 is 30.9. The Balaban J connectivity index is 4.97. The number of amides is 1. The molecule has 3 unspecified atom stereocenters. The maximum Gasteiger partial charge on any atom is 0.472 e. The Morgan fingerprint density at radius 2 is 0.670 bits per heavy atom. The first kappa shape index (κ1) is 88.7. The fourth-order valence-corrected chi connectivity index (χ4v) is 12.6. The van der Waals surface area contributed by atoms with Gasteiger partial charge in [0.05, 0.1) is 33.8 Å². The monoisotopic (exact) mass is 1300 g/mol. The van der Waals surface area contributed by atoms with Gasteiger partial charge in [0, 0.05) is 12.8 Å². The van der Waals surface area contributed by atoms with Crippen LogP contribution in [0.25, 0.3) is 0 Å². The molecule has 0 aliphatic carbocycles. The van der Waals surface area contributed by atoms with Crippen molar-refractivity contribution in [2.45, 2.75) is 405 Å². The highest BCUT2D eigenvalue weighted by molar-refractivity contribution is 7.47. The van der Waals surface area contributed by atoms with Crippen molar-refractivity contribution < 1.29 is 37.3 Å². The van der Waals surface area contributed by atoms with Crippen molar-refractivity contribution in [1.29, 1.82) is 0 Å². The number of phosphoric ester groups is 1. The van der Waals surface area contributed by atoms with Crippen LogP contribution in [0.2, 0.25) is 0 Å². The smallest absolute Gasteiger partial charge is 0.456 e. The van der Waals surface area contributed by atoms with Crippen molar-refractivity contribution in [2.24, 2.45) is 0 Å². The normalized spacial score (nSPS) is 13.7. The van der Waals surface area contributed by atoms with Gasteiger partial charge in [-0.25, -0.2) is 4.57 Å². The zero-order valence-corrected chi connectivity index (χ0v) is 62.2. The molecule has 0 aliphatic rings. The molecule has 0 bridgehead atoms. The van der Waals surface area contributed by atoms with Gasteiger partial charge >= 0.3 is 13.8 Å². The van der Waals surface area contributed by atoms with E-state index in [9.17, 15) is 19.0 Å². The van der Waals surface area contributed by atoms with E-state index < -0.39 is 20.0 Å². The van der Waals surface area contributed by atoms with Crippen molar-refractivity contribution in [1.82, 2.24) is 5.32 Å². The summed E-state index contributed by atoms with van der Waals surface area (Å²) in [5, 5.41) is 3.09. The minimum atomic E-state index is -4.46. The van der Waals surface area contributed by atoms with Crippen molar-refractivity contribution >= 4 is 19.7 Å². The second-order valence-electron chi connectivity index (χ2n) is 28.2. The van der Waals surface area contributed by atoms with Crippen LogP contribution >= 0.6 is 7.82 Å². The zero-order chi connectivity index (χ0) is 66.3. The summed E-state index contributed by atoms with van der Waals surface area (Å²) >= 11 is 0. The number of nitrogens with zero attached hydrogens (tertiary/aromatic N) is 1. The number of esters is 1. The van der Waals surface area contributed by atoms with Gasteiger partial charge in [-0.3, -0.25) is 18.6 Å². The molecule has 1 amide bonds. The number of carbonyl (C=O) groups excluding carboxylic acids is 2. The van der Waals surface area contributed by atoms with E-state index in [1.165, 1.54) is 283 Å². The molecule has 91 heavy (non-hydrogen) atoms. The average molecular weight is 1300 g/mol. The second kappa shape index (κ2) is 70.5. The van der Waals surface area contributed by atoms with Gasteiger partial charge in [-0.2, -0.15) is 0 Å². The fourth-order valence-electron chi connectivity index (χ4n) is 11.9. The van der Waals surface area contributed by atoms with Crippen LogP contribution in [-0.4, -0.2) is 74.3 Å².